The predicted molar refractivity (Wildman–Crippen MR) is 94.4 cm³/mol. The Bertz CT molecular complexity index is 696. The SMILES string of the molecule is [B]c1ccc(OC/C(C=C)=C/C=C)nc1OCc1ccccc1. The molecule has 0 atom stereocenters. The molecule has 1 aromatic carbocycles. The molecule has 0 aliphatic rings. The van der Waals surface area contributed by atoms with Crippen LogP contribution in [0.25, 0.3) is 0 Å². The molecule has 2 radical (unpaired) electrons. The molecule has 0 spiro atoms. The molecule has 0 aliphatic carbocycles. The Morgan fingerprint density at radius 3 is 2.57 bits per heavy atom. The Morgan fingerprint density at radius 2 is 1.87 bits per heavy atom. The molecule has 1 aromatic heterocycles. The molecule has 0 fully saturated rings. The monoisotopic (exact) mass is 303 g/mol. The van der Waals surface area contributed by atoms with Crippen molar-refractivity contribution in [3.63, 3.8) is 0 Å². The van der Waals surface area contributed by atoms with Gasteiger partial charge in [-0.25, -0.2) is 0 Å². The number of aromatic nitrogens is 1. The zero-order valence-electron chi connectivity index (χ0n) is 12.9. The van der Waals surface area contributed by atoms with Gasteiger partial charge < -0.3 is 9.47 Å². The van der Waals surface area contributed by atoms with Crippen molar-refractivity contribution in [1.29, 1.82) is 0 Å². The third kappa shape index (κ3) is 5.18. The summed E-state index contributed by atoms with van der Waals surface area (Å²) in [6.07, 6.45) is 5.23. The molecule has 0 saturated carbocycles. The summed E-state index contributed by atoms with van der Waals surface area (Å²) in [4.78, 5) is 4.30. The van der Waals surface area contributed by atoms with Crippen LogP contribution in [0.4, 0.5) is 0 Å². The van der Waals surface area contributed by atoms with Crippen LogP contribution in [0, 0.1) is 0 Å². The van der Waals surface area contributed by atoms with Crippen molar-refractivity contribution in [3.05, 3.63) is 85.0 Å². The highest BCUT2D eigenvalue weighted by molar-refractivity contribution is 6.33. The van der Waals surface area contributed by atoms with E-state index >= 15 is 0 Å². The molecule has 1 heterocycles. The number of ether oxygens (including phenoxy) is 2. The molecular formula is C19H18BNO2. The van der Waals surface area contributed by atoms with Crippen LogP contribution in [-0.2, 0) is 6.61 Å². The van der Waals surface area contributed by atoms with Crippen LogP contribution < -0.4 is 14.9 Å². The maximum atomic E-state index is 5.90. The van der Waals surface area contributed by atoms with Gasteiger partial charge in [0.2, 0.25) is 11.8 Å². The number of hydrogen-bond acceptors (Lipinski definition) is 3. The van der Waals surface area contributed by atoms with E-state index in [2.05, 4.69) is 18.1 Å². The topological polar surface area (TPSA) is 31.4 Å². The van der Waals surface area contributed by atoms with Gasteiger partial charge in [0.05, 0.1) is 0 Å². The fraction of sp³-hybridized carbons (Fsp3) is 0.105. The Morgan fingerprint density at radius 1 is 1.09 bits per heavy atom. The number of hydrogen-bond donors (Lipinski definition) is 0. The van der Waals surface area contributed by atoms with Crippen LogP contribution in [-0.4, -0.2) is 19.4 Å². The summed E-state index contributed by atoms with van der Waals surface area (Å²) in [5.41, 5.74) is 2.42. The lowest BCUT2D eigenvalue weighted by molar-refractivity contribution is 0.284. The largest absolute Gasteiger partial charge is 0.473 e. The Kier molecular flexibility index (Phi) is 6.24. The molecule has 3 nitrogen and oxygen atoms in total. The van der Waals surface area contributed by atoms with Gasteiger partial charge >= 0.3 is 0 Å². The van der Waals surface area contributed by atoms with E-state index in [-0.39, 0.29) is 0 Å². The average molecular weight is 303 g/mol. The van der Waals surface area contributed by atoms with Crippen LogP contribution in [0.2, 0.25) is 0 Å². The van der Waals surface area contributed by atoms with Crippen molar-refractivity contribution in [2.75, 3.05) is 6.61 Å². The van der Waals surface area contributed by atoms with Crippen molar-refractivity contribution >= 4 is 13.3 Å². The number of allylic oxidation sites excluding steroid dienone is 2. The first-order chi connectivity index (χ1) is 11.2. The molecule has 0 saturated heterocycles. The second-order valence-corrected chi connectivity index (χ2v) is 4.79. The molecule has 0 bridgehead atoms. The smallest absolute Gasteiger partial charge is 0.216 e. The van der Waals surface area contributed by atoms with Gasteiger partial charge in [-0.2, -0.15) is 4.98 Å². The summed E-state index contributed by atoms with van der Waals surface area (Å²) in [7, 11) is 5.90. The first-order valence-electron chi connectivity index (χ1n) is 7.23. The quantitative estimate of drug-likeness (QED) is 0.554. The summed E-state index contributed by atoms with van der Waals surface area (Å²) in [5.74, 6) is 0.804. The zero-order valence-corrected chi connectivity index (χ0v) is 12.9. The van der Waals surface area contributed by atoms with Gasteiger partial charge in [0.25, 0.3) is 0 Å². The standard InChI is InChI=1S/C19H18BNO2/c1-3-8-15(4-2)13-22-18-12-11-17(20)19(21-18)23-14-16-9-6-5-7-10-16/h3-12H,1-2,13-14H2/b15-8+. The molecule has 0 amide bonds. The summed E-state index contributed by atoms with van der Waals surface area (Å²) >= 11 is 0. The summed E-state index contributed by atoms with van der Waals surface area (Å²) in [6, 6.07) is 13.3. The van der Waals surface area contributed by atoms with E-state index in [1.165, 1.54) is 0 Å². The molecule has 114 valence electrons. The van der Waals surface area contributed by atoms with E-state index < -0.39 is 0 Å². The highest BCUT2D eigenvalue weighted by Gasteiger charge is 2.05. The normalized spacial score (nSPS) is 10.9. The first kappa shape index (κ1) is 16.6. The maximum Gasteiger partial charge on any atom is 0.216 e. The van der Waals surface area contributed by atoms with E-state index in [1.807, 2.05) is 36.4 Å². The van der Waals surface area contributed by atoms with Crippen molar-refractivity contribution in [1.82, 2.24) is 4.98 Å². The van der Waals surface area contributed by atoms with Gasteiger partial charge in [-0.3, -0.25) is 0 Å². The van der Waals surface area contributed by atoms with Crippen molar-refractivity contribution in [2.24, 2.45) is 0 Å². The van der Waals surface area contributed by atoms with Gasteiger partial charge in [-0.05, 0) is 22.7 Å². The third-order valence-corrected chi connectivity index (χ3v) is 3.06. The molecule has 4 heteroatoms. The number of rotatable bonds is 8. The van der Waals surface area contributed by atoms with Gasteiger partial charge in [-0.1, -0.05) is 67.8 Å². The molecule has 2 aromatic rings. The first-order valence-corrected chi connectivity index (χ1v) is 7.23. The van der Waals surface area contributed by atoms with Gasteiger partial charge in [0.15, 0.2) is 0 Å². The average Bonchev–Trinajstić information content (AvgIpc) is 2.59. The lowest BCUT2D eigenvalue weighted by atomic mass is 9.98. The fourth-order valence-corrected chi connectivity index (χ4v) is 1.84. The van der Waals surface area contributed by atoms with Gasteiger partial charge in [0, 0.05) is 0 Å². The van der Waals surface area contributed by atoms with E-state index in [9.17, 15) is 0 Å². The van der Waals surface area contributed by atoms with E-state index in [0.717, 1.165) is 11.1 Å². The van der Waals surface area contributed by atoms with Crippen LogP contribution in [0.1, 0.15) is 5.56 Å². The van der Waals surface area contributed by atoms with Crippen molar-refractivity contribution in [2.45, 2.75) is 6.61 Å². The van der Waals surface area contributed by atoms with Crippen molar-refractivity contribution in [3.8, 4) is 11.8 Å². The molecular weight excluding hydrogens is 285 g/mol. The minimum Gasteiger partial charge on any atom is -0.473 e. The van der Waals surface area contributed by atoms with Gasteiger partial charge in [0.1, 0.15) is 21.1 Å². The van der Waals surface area contributed by atoms with Crippen LogP contribution in [0.3, 0.4) is 0 Å². The minimum atomic E-state index is 0.352. The second kappa shape index (κ2) is 8.64. The summed E-state index contributed by atoms with van der Waals surface area (Å²) in [6.45, 7) is 8.13. The molecule has 0 unspecified atom stereocenters. The second-order valence-electron chi connectivity index (χ2n) is 4.79. The molecule has 2 rings (SSSR count). The van der Waals surface area contributed by atoms with Crippen molar-refractivity contribution < 1.29 is 9.47 Å². The highest BCUT2D eigenvalue weighted by Crippen LogP contribution is 2.14. The summed E-state index contributed by atoms with van der Waals surface area (Å²) in [5, 5.41) is 0. The van der Waals surface area contributed by atoms with E-state index in [0.29, 0.717) is 30.4 Å². The molecule has 23 heavy (non-hydrogen) atoms. The van der Waals surface area contributed by atoms with E-state index in [4.69, 9.17) is 17.3 Å². The predicted octanol–water partition coefficient (Wildman–Crippen LogP) is 3.13. The minimum absolute atomic E-state index is 0.352. The Hall–Kier alpha value is -2.75. The van der Waals surface area contributed by atoms with Crippen LogP contribution in [0.15, 0.2) is 79.4 Å². The lowest BCUT2D eigenvalue weighted by Gasteiger charge is -2.11. The van der Waals surface area contributed by atoms with Crippen LogP contribution in [0.5, 0.6) is 11.8 Å². The fourth-order valence-electron chi connectivity index (χ4n) is 1.84. The number of pyridine rings is 1. The van der Waals surface area contributed by atoms with Crippen LogP contribution >= 0.6 is 0 Å². The third-order valence-electron chi connectivity index (χ3n) is 3.06. The van der Waals surface area contributed by atoms with Gasteiger partial charge in [-0.15, -0.1) is 0 Å². The van der Waals surface area contributed by atoms with E-state index in [1.54, 1.807) is 24.3 Å². The highest BCUT2D eigenvalue weighted by atomic mass is 16.5. The Labute approximate surface area is 138 Å². The molecule has 0 aliphatic heterocycles. The molecule has 0 N–H and O–H groups in total. The summed E-state index contributed by atoms with van der Waals surface area (Å²) < 4.78 is 11.3. The Balaban J connectivity index is 2.02. The zero-order chi connectivity index (χ0) is 16.5. The maximum absolute atomic E-state index is 5.90. The number of nitrogens with zero attached hydrogens (tertiary/aromatic N) is 1. The lowest BCUT2D eigenvalue weighted by Crippen LogP contribution is -2.12. The number of benzene rings is 1.